The molecule has 1 aromatic carbocycles. The summed E-state index contributed by atoms with van der Waals surface area (Å²) >= 11 is 0. The van der Waals surface area contributed by atoms with Crippen LogP contribution in [0.25, 0.3) is 0 Å². The van der Waals surface area contributed by atoms with Gasteiger partial charge in [0.1, 0.15) is 5.69 Å². The van der Waals surface area contributed by atoms with Gasteiger partial charge in [0.2, 0.25) is 5.95 Å². The van der Waals surface area contributed by atoms with Crippen LogP contribution >= 0.6 is 0 Å². The highest BCUT2D eigenvalue weighted by Gasteiger charge is 2.19. The molecule has 0 saturated carbocycles. The number of amides is 1. The van der Waals surface area contributed by atoms with E-state index in [1.54, 1.807) is 24.3 Å². The third-order valence-electron chi connectivity index (χ3n) is 4.21. The number of rotatable bonds is 3. The topological polar surface area (TPSA) is 81.9 Å². The van der Waals surface area contributed by atoms with E-state index >= 15 is 0 Å². The SMILES string of the molecule is Cc1cc(C(=O)N2CCCCCC2)nc(Nc2cccc(C#N)c2)n1. The Morgan fingerprint density at radius 1 is 1.16 bits per heavy atom. The van der Waals surface area contributed by atoms with Crippen LogP contribution in [0.15, 0.2) is 30.3 Å². The van der Waals surface area contributed by atoms with Gasteiger partial charge in [-0.05, 0) is 44.0 Å². The van der Waals surface area contributed by atoms with Crippen molar-refractivity contribution in [1.82, 2.24) is 14.9 Å². The zero-order chi connectivity index (χ0) is 17.6. The number of carbonyl (C=O) groups is 1. The van der Waals surface area contributed by atoms with E-state index in [2.05, 4.69) is 21.4 Å². The first-order valence-corrected chi connectivity index (χ1v) is 8.58. The van der Waals surface area contributed by atoms with Gasteiger partial charge in [0.05, 0.1) is 11.6 Å². The van der Waals surface area contributed by atoms with E-state index in [-0.39, 0.29) is 5.91 Å². The van der Waals surface area contributed by atoms with Crippen LogP contribution in [0.5, 0.6) is 0 Å². The van der Waals surface area contributed by atoms with Crippen LogP contribution in [0.1, 0.15) is 47.4 Å². The second kappa shape index (κ2) is 7.75. The minimum Gasteiger partial charge on any atom is -0.337 e. The van der Waals surface area contributed by atoms with Gasteiger partial charge in [0, 0.05) is 24.5 Å². The van der Waals surface area contributed by atoms with Crippen LogP contribution in [-0.2, 0) is 0 Å². The number of nitrogens with one attached hydrogen (secondary N) is 1. The lowest BCUT2D eigenvalue weighted by atomic mass is 10.2. The third kappa shape index (κ3) is 4.32. The summed E-state index contributed by atoms with van der Waals surface area (Å²) < 4.78 is 0. The number of hydrogen-bond acceptors (Lipinski definition) is 5. The standard InChI is InChI=1S/C19H21N5O/c1-14-11-17(18(25)24-9-4-2-3-5-10-24)23-19(21-14)22-16-8-6-7-15(12-16)13-20/h6-8,11-12H,2-5,9-10H2,1H3,(H,21,22,23). The molecule has 2 heterocycles. The van der Waals surface area contributed by atoms with Gasteiger partial charge >= 0.3 is 0 Å². The number of likely N-dealkylation sites (tertiary alicyclic amines) is 1. The van der Waals surface area contributed by atoms with Crippen molar-refractivity contribution in [3.63, 3.8) is 0 Å². The first-order valence-electron chi connectivity index (χ1n) is 8.58. The fourth-order valence-electron chi connectivity index (χ4n) is 2.97. The highest BCUT2D eigenvalue weighted by molar-refractivity contribution is 5.92. The maximum Gasteiger partial charge on any atom is 0.272 e. The molecule has 2 aromatic rings. The van der Waals surface area contributed by atoms with Crippen LogP contribution in [0.2, 0.25) is 0 Å². The number of hydrogen-bond donors (Lipinski definition) is 1. The number of carbonyl (C=O) groups excluding carboxylic acids is 1. The van der Waals surface area contributed by atoms with Crippen molar-refractivity contribution >= 4 is 17.5 Å². The van der Waals surface area contributed by atoms with E-state index in [0.717, 1.165) is 37.3 Å². The van der Waals surface area contributed by atoms with E-state index in [9.17, 15) is 4.79 Å². The number of benzene rings is 1. The van der Waals surface area contributed by atoms with Crippen LogP contribution in [0.4, 0.5) is 11.6 Å². The predicted octanol–water partition coefficient (Wildman–Crippen LogP) is 3.42. The smallest absolute Gasteiger partial charge is 0.272 e. The van der Waals surface area contributed by atoms with Gasteiger partial charge < -0.3 is 10.2 Å². The number of nitrogens with zero attached hydrogens (tertiary/aromatic N) is 4. The number of anilines is 2. The molecule has 1 fully saturated rings. The maximum absolute atomic E-state index is 12.8. The minimum atomic E-state index is -0.0405. The summed E-state index contributed by atoms with van der Waals surface area (Å²) in [5.41, 5.74) is 2.41. The van der Waals surface area contributed by atoms with Crippen molar-refractivity contribution in [2.45, 2.75) is 32.6 Å². The summed E-state index contributed by atoms with van der Waals surface area (Å²) in [6, 6.07) is 10.9. The van der Waals surface area contributed by atoms with E-state index in [0.29, 0.717) is 17.2 Å². The van der Waals surface area contributed by atoms with Crippen LogP contribution in [0.3, 0.4) is 0 Å². The third-order valence-corrected chi connectivity index (χ3v) is 4.21. The van der Waals surface area contributed by atoms with Crippen LogP contribution in [0, 0.1) is 18.3 Å². The lowest BCUT2D eigenvalue weighted by molar-refractivity contribution is 0.0755. The Hall–Kier alpha value is -2.94. The second-order valence-corrected chi connectivity index (χ2v) is 6.24. The molecule has 0 bridgehead atoms. The van der Waals surface area contributed by atoms with Gasteiger partial charge in [0.25, 0.3) is 5.91 Å². The molecule has 3 rings (SSSR count). The van der Waals surface area contributed by atoms with Crippen molar-refractivity contribution in [3.8, 4) is 6.07 Å². The molecule has 1 aliphatic heterocycles. The average Bonchev–Trinajstić information content (AvgIpc) is 2.90. The van der Waals surface area contributed by atoms with Crippen LogP contribution < -0.4 is 5.32 Å². The Balaban J connectivity index is 1.82. The van der Waals surface area contributed by atoms with E-state index in [4.69, 9.17) is 5.26 Å². The van der Waals surface area contributed by atoms with Gasteiger partial charge in [-0.2, -0.15) is 5.26 Å². The molecular formula is C19H21N5O. The van der Waals surface area contributed by atoms with Crippen molar-refractivity contribution in [2.75, 3.05) is 18.4 Å². The summed E-state index contributed by atoms with van der Waals surface area (Å²) in [4.78, 5) is 23.4. The molecule has 0 spiro atoms. The predicted molar refractivity (Wildman–Crippen MR) is 95.6 cm³/mol. The average molecular weight is 335 g/mol. The monoisotopic (exact) mass is 335 g/mol. The fraction of sp³-hybridized carbons (Fsp3) is 0.368. The Morgan fingerprint density at radius 2 is 1.92 bits per heavy atom. The molecule has 0 aliphatic carbocycles. The van der Waals surface area contributed by atoms with Crippen molar-refractivity contribution in [1.29, 1.82) is 5.26 Å². The zero-order valence-corrected chi connectivity index (χ0v) is 14.3. The van der Waals surface area contributed by atoms with Gasteiger partial charge in [-0.25, -0.2) is 9.97 Å². The molecule has 1 saturated heterocycles. The van der Waals surface area contributed by atoms with Gasteiger partial charge in [-0.3, -0.25) is 4.79 Å². The Morgan fingerprint density at radius 3 is 2.64 bits per heavy atom. The van der Waals surface area contributed by atoms with Gasteiger partial charge in [-0.1, -0.05) is 18.9 Å². The lowest BCUT2D eigenvalue weighted by Crippen LogP contribution is -2.32. The highest BCUT2D eigenvalue weighted by atomic mass is 16.2. The summed E-state index contributed by atoms with van der Waals surface area (Å²) in [5.74, 6) is 0.328. The van der Waals surface area contributed by atoms with E-state index < -0.39 is 0 Å². The van der Waals surface area contributed by atoms with Crippen LogP contribution in [-0.4, -0.2) is 33.9 Å². The second-order valence-electron chi connectivity index (χ2n) is 6.24. The maximum atomic E-state index is 12.8. The fourth-order valence-corrected chi connectivity index (χ4v) is 2.97. The molecule has 1 aliphatic rings. The molecule has 128 valence electrons. The van der Waals surface area contributed by atoms with Crippen molar-refractivity contribution in [2.24, 2.45) is 0 Å². The summed E-state index contributed by atoms with van der Waals surface area (Å²) in [5, 5.41) is 12.1. The number of aromatic nitrogens is 2. The van der Waals surface area contributed by atoms with Gasteiger partial charge in [0.15, 0.2) is 0 Å². The molecule has 0 unspecified atom stereocenters. The molecule has 25 heavy (non-hydrogen) atoms. The Labute approximate surface area is 147 Å². The molecule has 1 amide bonds. The first kappa shape index (κ1) is 16.9. The first-order chi connectivity index (χ1) is 12.2. The molecule has 6 heteroatoms. The molecule has 0 atom stereocenters. The minimum absolute atomic E-state index is 0.0405. The van der Waals surface area contributed by atoms with Crippen molar-refractivity contribution in [3.05, 3.63) is 47.3 Å². The molecule has 1 N–H and O–H groups in total. The Kier molecular flexibility index (Phi) is 5.24. The summed E-state index contributed by atoms with van der Waals surface area (Å²) in [6.07, 6.45) is 4.44. The van der Waals surface area contributed by atoms with Gasteiger partial charge in [-0.15, -0.1) is 0 Å². The van der Waals surface area contributed by atoms with E-state index in [1.807, 2.05) is 17.9 Å². The zero-order valence-electron chi connectivity index (χ0n) is 14.3. The molecule has 6 nitrogen and oxygen atoms in total. The Bertz CT molecular complexity index is 804. The molecule has 0 radical (unpaired) electrons. The largest absolute Gasteiger partial charge is 0.337 e. The highest BCUT2D eigenvalue weighted by Crippen LogP contribution is 2.17. The van der Waals surface area contributed by atoms with Crippen molar-refractivity contribution < 1.29 is 4.79 Å². The quantitative estimate of drug-likeness (QED) is 0.929. The summed E-state index contributed by atoms with van der Waals surface area (Å²) in [6.45, 7) is 3.42. The number of nitriles is 1. The lowest BCUT2D eigenvalue weighted by Gasteiger charge is -2.20. The summed E-state index contributed by atoms with van der Waals surface area (Å²) in [7, 11) is 0. The van der Waals surface area contributed by atoms with E-state index in [1.165, 1.54) is 12.8 Å². The molecular weight excluding hydrogens is 314 g/mol. The molecule has 1 aromatic heterocycles. The number of aryl methyl sites for hydroxylation is 1. The normalized spacial score (nSPS) is 14.5.